The van der Waals surface area contributed by atoms with Crippen molar-refractivity contribution >= 4 is 86.1 Å². The molecule has 4 rings (SSSR count). The molecule has 0 aliphatic carbocycles. The standard InChI is InChI=1S/C25H17Cl3N2O4S.C3H7NO/c26-15-10-16(27)12-17(11-15)30-24(32)22(14-6-2-1-3-7-14)34-20(31)13-29-25(33)23-21(28)18-8-4-5-9-19(18)35-23;1-4(2)3-5/h1-12,22H,13H2,(H,29,33)(H,30,32);3H,1-2H3. The molecule has 3 amide bonds. The number of thiophene rings is 1. The van der Waals surface area contributed by atoms with Crippen LogP contribution < -0.4 is 10.6 Å². The molecule has 2 N–H and O–H groups in total. The van der Waals surface area contributed by atoms with Gasteiger partial charge in [-0.2, -0.15) is 0 Å². The highest BCUT2D eigenvalue weighted by Gasteiger charge is 2.26. The third-order valence-electron chi connectivity index (χ3n) is 5.07. The van der Waals surface area contributed by atoms with Gasteiger partial charge in [0, 0.05) is 45.5 Å². The van der Waals surface area contributed by atoms with Gasteiger partial charge < -0.3 is 20.3 Å². The van der Waals surface area contributed by atoms with Crippen molar-refractivity contribution in [3.05, 3.63) is 98.3 Å². The fourth-order valence-corrected chi connectivity index (χ4v) is 5.26. The Morgan fingerprint density at radius 1 is 0.950 bits per heavy atom. The molecule has 4 aromatic rings. The van der Waals surface area contributed by atoms with Crippen LogP contribution in [0.2, 0.25) is 15.1 Å². The second kappa shape index (κ2) is 14.7. The normalized spacial score (nSPS) is 11.0. The molecular weight excluding hydrogens is 597 g/mol. The minimum absolute atomic E-state index is 0.288. The first kappa shape index (κ1) is 30.9. The number of rotatable bonds is 8. The quantitative estimate of drug-likeness (QED) is 0.180. The number of nitrogens with one attached hydrogen (secondary N) is 2. The van der Waals surface area contributed by atoms with Crippen molar-refractivity contribution in [2.75, 3.05) is 26.0 Å². The Morgan fingerprint density at radius 2 is 1.55 bits per heavy atom. The number of nitrogens with zero attached hydrogens (tertiary/aromatic N) is 1. The zero-order valence-corrected chi connectivity index (χ0v) is 24.4. The SMILES string of the molecule is CN(C)C=O.O=C(CNC(=O)c1sc2ccccc2c1Cl)OC(C(=O)Nc1cc(Cl)cc(Cl)c1)c1ccccc1. The summed E-state index contributed by atoms with van der Waals surface area (Å²) in [6.07, 6.45) is -0.522. The third kappa shape index (κ3) is 8.69. The molecule has 1 atom stereocenters. The van der Waals surface area contributed by atoms with Crippen LogP contribution in [0.4, 0.5) is 5.69 Å². The highest BCUT2D eigenvalue weighted by molar-refractivity contribution is 7.21. The molecule has 0 saturated carbocycles. The lowest BCUT2D eigenvalue weighted by atomic mass is 10.1. The molecule has 0 aliphatic rings. The molecule has 3 aromatic carbocycles. The zero-order chi connectivity index (χ0) is 29.2. The number of carbonyl (C=O) groups is 4. The summed E-state index contributed by atoms with van der Waals surface area (Å²) in [7, 11) is 3.38. The monoisotopic (exact) mass is 619 g/mol. The zero-order valence-electron chi connectivity index (χ0n) is 21.3. The molecule has 40 heavy (non-hydrogen) atoms. The van der Waals surface area contributed by atoms with Crippen LogP contribution in [0.25, 0.3) is 10.1 Å². The van der Waals surface area contributed by atoms with Crippen molar-refractivity contribution in [2.45, 2.75) is 6.10 Å². The maximum Gasteiger partial charge on any atom is 0.326 e. The van der Waals surface area contributed by atoms with Gasteiger partial charge in [0.25, 0.3) is 11.8 Å². The van der Waals surface area contributed by atoms with Crippen LogP contribution in [-0.4, -0.2) is 49.7 Å². The summed E-state index contributed by atoms with van der Waals surface area (Å²) < 4.78 is 6.30. The average molecular weight is 621 g/mol. The van der Waals surface area contributed by atoms with Gasteiger partial charge >= 0.3 is 5.97 Å². The van der Waals surface area contributed by atoms with Gasteiger partial charge in [0.1, 0.15) is 11.4 Å². The van der Waals surface area contributed by atoms with Gasteiger partial charge in [-0.1, -0.05) is 83.3 Å². The summed E-state index contributed by atoms with van der Waals surface area (Å²) in [5, 5.41) is 6.91. The van der Waals surface area contributed by atoms with Gasteiger partial charge in [-0.25, -0.2) is 0 Å². The summed E-state index contributed by atoms with van der Waals surface area (Å²) in [6.45, 7) is -0.455. The number of amides is 3. The second-order valence-electron chi connectivity index (χ2n) is 8.42. The lowest BCUT2D eigenvalue weighted by molar-refractivity contribution is -0.153. The highest BCUT2D eigenvalue weighted by Crippen LogP contribution is 2.35. The van der Waals surface area contributed by atoms with E-state index >= 15 is 0 Å². The van der Waals surface area contributed by atoms with Crippen molar-refractivity contribution in [1.82, 2.24) is 10.2 Å². The Morgan fingerprint density at radius 3 is 2.15 bits per heavy atom. The number of carbonyl (C=O) groups excluding carboxylic acids is 4. The van der Waals surface area contributed by atoms with E-state index in [1.54, 1.807) is 44.4 Å². The Labute approximate surface area is 249 Å². The highest BCUT2D eigenvalue weighted by atomic mass is 35.5. The number of hydrogen-bond donors (Lipinski definition) is 2. The molecule has 0 fully saturated rings. The molecule has 0 spiro atoms. The molecule has 0 bridgehead atoms. The van der Waals surface area contributed by atoms with Gasteiger partial charge in [0.15, 0.2) is 0 Å². The van der Waals surface area contributed by atoms with Gasteiger partial charge in [0.2, 0.25) is 12.5 Å². The van der Waals surface area contributed by atoms with E-state index in [1.807, 2.05) is 24.3 Å². The van der Waals surface area contributed by atoms with Crippen molar-refractivity contribution in [1.29, 1.82) is 0 Å². The van der Waals surface area contributed by atoms with Crippen LogP contribution >= 0.6 is 46.1 Å². The smallest absolute Gasteiger partial charge is 0.326 e. The summed E-state index contributed by atoms with van der Waals surface area (Å²) >= 11 is 19.6. The Kier molecular flexibility index (Phi) is 11.3. The lowest BCUT2D eigenvalue weighted by Gasteiger charge is -2.18. The van der Waals surface area contributed by atoms with E-state index in [4.69, 9.17) is 39.5 Å². The third-order valence-corrected chi connectivity index (χ3v) is 7.18. The first-order valence-electron chi connectivity index (χ1n) is 11.7. The molecule has 0 radical (unpaired) electrons. The number of anilines is 1. The summed E-state index contributed by atoms with van der Waals surface area (Å²) in [6, 6.07) is 20.4. The van der Waals surface area contributed by atoms with Gasteiger partial charge in [-0.3, -0.25) is 19.2 Å². The Bertz CT molecular complexity index is 1490. The van der Waals surface area contributed by atoms with E-state index in [-0.39, 0.29) is 4.88 Å². The van der Waals surface area contributed by atoms with Crippen LogP contribution in [0.3, 0.4) is 0 Å². The van der Waals surface area contributed by atoms with E-state index in [0.717, 1.165) is 16.5 Å². The summed E-state index contributed by atoms with van der Waals surface area (Å²) in [4.78, 5) is 49.4. The van der Waals surface area contributed by atoms with Crippen LogP contribution in [0.5, 0.6) is 0 Å². The van der Waals surface area contributed by atoms with Crippen molar-refractivity contribution in [3.8, 4) is 0 Å². The van der Waals surface area contributed by atoms with E-state index in [9.17, 15) is 19.2 Å². The maximum atomic E-state index is 13.0. The molecule has 1 heterocycles. The largest absolute Gasteiger partial charge is 0.446 e. The van der Waals surface area contributed by atoms with Crippen molar-refractivity contribution in [2.24, 2.45) is 0 Å². The molecule has 12 heteroatoms. The first-order valence-corrected chi connectivity index (χ1v) is 13.6. The van der Waals surface area contributed by atoms with Crippen molar-refractivity contribution < 1.29 is 23.9 Å². The number of fused-ring (bicyclic) bond motifs is 1. The number of ether oxygens (including phenoxy) is 1. The predicted molar refractivity (Wildman–Crippen MR) is 159 cm³/mol. The van der Waals surface area contributed by atoms with Crippen molar-refractivity contribution in [3.63, 3.8) is 0 Å². The Hall–Kier alpha value is -3.63. The van der Waals surface area contributed by atoms with Crippen LogP contribution in [0.15, 0.2) is 72.8 Å². The van der Waals surface area contributed by atoms with Gasteiger partial charge in [-0.05, 0) is 24.3 Å². The maximum absolute atomic E-state index is 13.0. The molecule has 8 nitrogen and oxygen atoms in total. The molecule has 0 saturated heterocycles. The van der Waals surface area contributed by atoms with Crippen LogP contribution in [0.1, 0.15) is 21.3 Å². The van der Waals surface area contributed by atoms with Gasteiger partial charge in [-0.15, -0.1) is 11.3 Å². The van der Waals surface area contributed by atoms with Crippen LogP contribution in [0, 0.1) is 0 Å². The summed E-state index contributed by atoms with van der Waals surface area (Å²) in [5.74, 6) is -1.92. The minimum Gasteiger partial charge on any atom is -0.446 e. The van der Waals surface area contributed by atoms with E-state index < -0.39 is 30.4 Å². The predicted octanol–water partition coefficient (Wildman–Crippen LogP) is 6.22. The summed E-state index contributed by atoms with van der Waals surface area (Å²) in [5.41, 5.74) is 0.794. The molecule has 1 aromatic heterocycles. The van der Waals surface area contributed by atoms with E-state index in [2.05, 4.69) is 10.6 Å². The molecule has 208 valence electrons. The number of halogens is 3. The molecule has 0 aliphatic heterocycles. The molecular formula is C28H24Cl3N3O5S. The Balaban J connectivity index is 0.000000810. The fraction of sp³-hybridized carbons (Fsp3) is 0.143. The topological polar surface area (TPSA) is 105 Å². The average Bonchev–Trinajstić information content (AvgIpc) is 3.27. The number of esters is 1. The number of hydrogen-bond acceptors (Lipinski definition) is 6. The fourth-order valence-electron chi connectivity index (χ4n) is 3.30. The van der Waals surface area contributed by atoms with E-state index in [1.165, 1.54) is 34.4 Å². The van der Waals surface area contributed by atoms with E-state index in [0.29, 0.717) is 26.3 Å². The molecule has 1 unspecified atom stereocenters. The lowest BCUT2D eigenvalue weighted by Crippen LogP contribution is -2.33. The number of benzene rings is 3. The van der Waals surface area contributed by atoms with Crippen LogP contribution in [-0.2, 0) is 19.1 Å². The first-order chi connectivity index (χ1) is 19.1. The second-order valence-corrected chi connectivity index (χ2v) is 10.7. The van der Waals surface area contributed by atoms with Gasteiger partial charge in [0.05, 0.1) is 5.02 Å². The minimum atomic E-state index is -1.27.